The highest BCUT2D eigenvalue weighted by molar-refractivity contribution is 6.06. The maximum absolute atomic E-state index is 12.9. The van der Waals surface area contributed by atoms with E-state index in [4.69, 9.17) is 9.47 Å². The van der Waals surface area contributed by atoms with Crippen LogP contribution in [0.2, 0.25) is 0 Å². The molecule has 0 saturated carbocycles. The van der Waals surface area contributed by atoms with Crippen LogP contribution in [0.25, 0.3) is 0 Å². The number of anilines is 1. The van der Waals surface area contributed by atoms with E-state index in [1.165, 1.54) is 5.56 Å². The third-order valence-electron chi connectivity index (χ3n) is 4.78. The molecule has 1 saturated heterocycles. The minimum absolute atomic E-state index is 0.00896. The van der Waals surface area contributed by atoms with Crippen molar-refractivity contribution in [1.29, 1.82) is 0 Å². The van der Waals surface area contributed by atoms with Crippen LogP contribution < -0.4 is 9.64 Å². The monoisotopic (exact) mass is 338 g/mol. The molecule has 1 amide bonds. The highest BCUT2D eigenvalue weighted by Crippen LogP contribution is 2.28. The van der Waals surface area contributed by atoms with Gasteiger partial charge in [-0.25, -0.2) is 4.98 Å². The van der Waals surface area contributed by atoms with Crippen LogP contribution in [0, 0.1) is 0 Å². The molecule has 1 atom stereocenters. The van der Waals surface area contributed by atoms with Crippen molar-refractivity contribution < 1.29 is 14.3 Å². The van der Waals surface area contributed by atoms with Gasteiger partial charge in [0.1, 0.15) is 6.61 Å². The van der Waals surface area contributed by atoms with Crippen LogP contribution in [0.15, 0.2) is 42.6 Å². The number of carbonyl (C=O) groups is 1. The maximum atomic E-state index is 12.9. The van der Waals surface area contributed by atoms with Gasteiger partial charge in [0.25, 0.3) is 5.91 Å². The van der Waals surface area contributed by atoms with E-state index >= 15 is 0 Å². The van der Waals surface area contributed by atoms with Gasteiger partial charge in [0.2, 0.25) is 5.88 Å². The Labute approximate surface area is 147 Å². The average molecular weight is 338 g/mol. The number of pyridine rings is 1. The summed E-state index contributed by atoms with van der Waals surface area (Å²) in [6.45, 7) is 2.07. The van der Waals surface area contributed by atoms with Crippen LogP contribution >= 0.6 is 0 Å². The fourth-order valence-electron chi connectivity index (χ4n) is 3.45. The lowest BCUT2D eigenvalue weighted by Crippen LogP contribution is -2.35. The summed E-state index contributed by atoms with van der Waals surface area (Å²) in [6, 6.07) is 11.7. The van der Waals surface area contributed by atoms with E-state index in [1.54, 1.807) is 18.3 Å². The lowest BCUT2D eigenvalue weighted by atomic mass is 10.0. The number of hydrogen-bond acceptors (Lipinski definition) is 4. The van der Waals surface area contributed by atoms with Crippen molar-refractivity contribution in [1.82, 2.24) is 4.98 Å². The SMILES string of the molecule is O=C(c1ccc(OC[C@@H]2CCCO2)nc1)N1CCCc2ccccc21. The van der Waals surface area contributed by atoms with E-state index in [1.807, 2.05) is 23.1 Å². The van der Waals surface area contributed by atoms with Crippen molar-refractivity contribution in [3.05, 3.63) is 53.7 Å². The minimum Gasteiger partial charge on any atom is -0.475 e. The second-order valence-corrected chi connectivity index (χ2v) is 6.52. The summed E-state index contributed by atoms with van der Waals surface area (Å²) in [7, 11) is 0. The second-order valence-electron chi connectivity index (χ2n) is 6.52. The Morgan fingerprint density at radius 2 is 2.16 bits per heavy atom. The van der Waals surface area contributed by atoms with Crippen LogP contribution in [0.1, 0.15) is 35.2 Å². The first-order valence-electron chi connectivity index (χ1n) is 8.91. The molecule has 5 heteroatoms. The number of rotatable bonds is 4. The topological polar surface area (TPSA) is 51.7 Å². The van der Waals surface area contributed by atoms with Crippen LogP contribution in [0.3, 0.4) is 0 Å². The van der Waals surface area contributed by atoms with Crippen molar-refractivity contribution in [3.8, 4) is 5.88 Å². The van der Waals surface area contributed by atoms with Gasteiger partial charge >= 0.3 is 0 Å². The molecular weight excluding hydrogens is 316 g/mol. The van der Waals surface area contributed by atoms with Crippen molar-refractivity contribution in [2.45, 2.75) is 31.8 Å². The number of ether oxygens (including phenoxy) is 2. The Hall–Kier alpha value is -2.40. The third-order valence-corrected chi connectivity index (χ3v) is 4.78. The predicted molar refractivity (Wildman–Crippen MR) is 95.1 cm³/mol. The Balaban J connectivity index is 1.44. The number of amides is 1. The van der Waals surface area contributed by atoms with Crippen molar-refractivity contribution in [3.63, 3.8) is 0 Å². The van der Waals surface area contributed by atoms with Gasteiger partial charge in [-0.3, -0.25) is 4.79 Å². The van der Waals surface area contributed by atoms with E-state index < -0.39 is 0 Å². The quantitative estimate of drug-likeness (QED) is 0.859. The normalized spacial score (nSPS) is 19.5. The first kappa shape index (κ1) is 16.1. The van der Waals surface area contributed by atoms with Crippen LogP contribution in [-0.2, 0) is 11.2 Å². The Kier molecular flexibility index (Phi) is 4.65. The summed E-state index contributed by atoms with van der Waals surface area (Å²) in [5.41, 5.74) is 2.82. The van der Waals surface area contributed by atoms with Crippen molar-refractivity contribution in [2.24, 2.45) is 0 Å². The molecule has 2 aliphatic heterocycles. The molecule has 2 aliphatic rings. The molecule has 0 radical (unpaired) electrons. The molecule has 0 N–H and O–H groups in total. The van der Waals surface area contributed by atoms with E-state index in [0.29, 0.717) is 18.1 Å². The van der Waals surface area contributed by atoms with Gasteiger partial charge in [-0.15, -0.1) is 0 Å². The molecule has 25 heavy (non-hydrogen) atoms. The van der Waals surface area contributed by atoms with Gasteiger partial charge in [0, 0.05) is 31.1 Å². The van der Waals surface area contributed by atoms with Crippen LogP contribution in [-0.4, -0.2) is 36.8 Å². The summed E-state index contributed by atoms with van der Waals surface area (Å²) in [5.74, 6) is 0.524. The molecule has 3 heterocycles. The first-order valence-corrected chi connectivity index (χ1v) is 8.91. The van der Waals surface area contributed by atoms with Crippen molar-refractivity contribution >= 4 is 11.6 Å². The minimum atomic E-state index is -0.00896. The zero-order valence-electron chi connectivity index (χ0n) is 14.2. The largest absolute Gasteiger partial charge is 0.475 e. The van der Waals surface area contributed by atoms with Gasteiger partial charge in [0.05, 0.1) is 11.7 Å². The molecule has 130 valence electrons. The van der Waals surface area contributed by atoms with Crippen LogP contribution in [0.5, 0.6) is 5.88 Å². The molecule has 4 rings (SSSR count). The van der Waals surface area contributed by atoms with E-state index in [9.17, 15) is 4.79 Å². The highest BCUT2D eigenvalue weighted by atomic mass is 16.5. The third kappa shape index (κ3) is 3.51. The number of hydrogen-bond donors (Lipinski definition) is 0. The molecule has 0 unspecified atom stereocenters. The Bertz CT molecular complexity index is 739. The van der Waals surface area contributed by atoms with E-state index in [2.05, 4.69) is 11.1 Å². The van der Waals surface area contributed by atoms with Crippen molar-refractivity contribution in [2.75, 3.05) is 24.7 Å². The fourth-order valence-corrected chi connectivity index (χ4v) is 3.45. The predicted octanol–water partition coefficient (Wildman–Crippen LogP) is 3.23. The number of aromatic nitrogens is 1. The fraction of sp³-hybridized carbons (Fsp3) is 0.400. The molecule has 0 bridgehead atoms. The number of nitrogens with zero attached hydrogens (tertiary/aromatic N) is 2. The Morgan fingerprint density at radius 3 is 2.96 bits per heavy atom. The lowest BCUT2D eigenvalue weighted by molar-refractivity contribution is 0.0663. The standard InChI is InChI=1S/C20H22N2O3/c23-20(22-11-3-6-15-5-1-2-8-18(15)22)16-9-10-19(21-13-16)25-14-17-7-4-12-24-17/h1-2,5,8-10,13,17H,3-4,6-7,11-12,14H2/t17-/m0/s1. The summed E-state index contributed by atoms with van der Waals surface area (Å²) >= 11 is 0. The highest BCUT2D eigenvalue weighted by Gasteiger charge is 2.23. The zero-order chi connectivity index (χ0) is 17.1. The van der Waals surface area contributed by atoms with Gasteiger partial charge in [-0.05, 0) is 43.4 Å². The van der Waals surface area contributed by atoms with E-state index in [-0.39, 0.29) is 12.0 Å². The smallest absolute Gasteiger partial charge is 0.259 e. The number of carbonyl (C=O) groups excluding carboxylic acids is 1. The van der Waals surface area contributed by atoms with Gasteiger partial charge < -0.3 is 14.4 Å². The molecule has 0 spiro atoms. The molecule has 1 aromatic carbocycles. The molecule has 1 aromatic heterocycles. The lowest BCUT2D eigenvalue weighted by Gasteiger charge is -2.29. The van der Waals surface area contributed by atoms with Crippen LogP contribution in [0.4, 0.5) is 5.69 Å². The van der Waals surface area contributed by atoms with Gasteiger partial charge in [-0.2, -0.15) is 0 Å². The summed E-state index contributed by atoms with van der Waals surface area (Å²) in [5, 5.41) is 0. The Morgan fingerprint density at radius 1 is 1.24 bits per heavy atom. The average Bonchev–Trinajstić information content (AvgIpc) is 3.19. The van der Waals surface area contributed by atoms with E-state index in [0.717, 1.165) is 44.5 Å². The molecule has 5 nitrogen and oxygen atoms in total. The van der Waals surface area contributed by atoms with Gasteiger partial charge in [0.15, 0.2) is 0 Å². The maximum Gasteiger partial charge on any atom is 0.259 e. The number of aryl methyl sites for hydroxylation is 1. The zero-order valence-corrected chi connectivity index (χ0v) is 14.2. The molecule has 1 fully saturated rings. The second kappa shape index (κ2) is 7.23. The first-order chi connectivity index (χ1) is 12.3. The molecular formula is C20H22N2O3. The molecule has 2 aromatic rings. The number of para-hydroxylation sites is 1. The number of fused-ring (bicyclic) bond motifs is 1. The summed E-state index contributed by atoms with van der Waals surface area (Å²) < 4.78 is 11.2. The summed E-state index contributed by atoms with van der Waals surface area (Å²) in [4.78, 5) is 19.0. The summed E-state index contributed by atoms with van der Waals surface area (Å²) in [6.07, 6.45) is 5.89. The molecule has 0 aliphatic carbocycles. The van der Waals surface area contributed by atoms with Gasteiger partial charge in [-0.1, -0.05) is 18.2 Å². The number of benzene rings is 1.